The van der Waals surface area contributed by atoms with E-state index in [9.17, 15) is 4.79 Å². The minimum absolute atomic E-state index is 0.153. The van der Waals surface area contributed by atoms with Gasteiger partial charge in [-0.05, 0) is 80.1 Å². The van der Waals surface area contributed by atoms with Crippen LogP contribution in [-0.4, -0.2) is 16.7 Å². The number of rotatable bonds is 7. The predicted molar refractivity (Wildman–Crippen MR) is 125 cm³/mol. The molecule has 2 aromatic carbocycles. The van der Waals surface area contributed by atoms with Crippen molar-refractivity contribution in [3.05, 3.63) is 106 Å². The number of nitrogens with zero attached hydrogens (tertiary/aromatic N) is 2. The fourth-order valence-corrected chi connectivity index (χ4v) is 3.51. The van der Waals surface area contributed by atoms with Crippen LogP contribution >= 0.6 is 11.6 Å². The third kappa shape index (κ3) is 5.10. The zero-order valence-electron chi connectivity index (χ0n) is 17.7. The fraction of sp³-hybridized carbons (Fsp3) is 0.120. The lowest BCUT2D eigenvalue weighted by molar-refractivity contribution is 0.0923. The molecule has 7 heteroatoms. The topological polar surface area (TPSA) is 68.8 Å². The number of hydrogen-bond donors (Lipinski definition) is 1. The average molecular weight is 448 g/mol. The second-order valence-corrected chi connectivity index (χ2v) is 7.69. The van der Waals surface area contributed by atoms with E-state index >= 15 is 0 Å². The van der Waals surface area contributed by atoms with Gasteiger partial charge in [-0.25, -0.2) is 5.43 Å². The number of furan rings is 1. The number of carbonyl (C=O) groups is 1. The van der Waals surface area contributed by atoms with E-state index in [0.29, 0.717) is 16.5 Å². The highest BCUT2D eigenvalue weighted by molar-refractivity contribution is 6.30. The Bertz CT molecular complexity index is 1240. The number of ether oxygens (including phenoxy) is 1. The van der Waals surface area contributed by atoms with Gasteiger partial charge in [-0.15, -0.1) is 0 Å². The number of carbonyl (C=O) groups excluding carboxylic acids is 1. The Labute approximate surface area is 191 Å². The van der Waals surface area contributed by atoms with E-state index in [-0.39, 0.29) is 12.4 Å². The molecule has 0 aliphatic heterocycles. The largest absolute Gasteiger partial charge is 0.486 e. The summed E-state index contributed by atoms with van der Waals surface area (Å²) in [5.74, 6) is 0.956. The van der Waals surface area contributed by atoms with Crippen molar-refractivity contribution in [1.29, 1.82) is 0 Å². The smallest absolute Gasteiger partial charge is 0.307 e. The number of aryl methyl sites for hydroxylation is 2. The summed E-state index contributed by atoms with van der Waals surface area (Å²) in [5.41, 5.74) is 6.64. The summed E-state index contributed by atoms with van der Waals surface area (Å²) in [6.07, 6.45) is 1.51. The molecule has 162 valence electrons. The molecule has 32 heavy (non-hydrogen) atoms. The number of hydrazone groups is 1. The van der Waals surface area contributed by atoms with Gasteiger partial charge in [-0.2, -0.15) is 5.10 Å². The second kappa shape index (κ2) is 9.58. The molecule has 0 aliphatic rings. The highest BCUT2D eigenvalue weighted by Gasteiger charge is 2.11. The van der Waals surface area contributed by atoms with Gasteiger partial charge >= 0.3 is 5.91 Å². The number of aromatic nitrogens is 1. The maximum absolute atomic E-state index is 12.2. The third-order valence-corrected chi connectivity index (χ3v) is 5.10. The number of halogens is 1. The molecule has 0 atom stereocenters. The van der Waals surface area contributed by atoms with Gasteiger partial charge in [0.2, 0.25) is 0 Å². The van der Waals surface area contributed by atoms with E-state index in [1.165, 1.54) is 17.6 Å². The standard InChI is InChI=1S/C25H22ClN3O3/c1-17-6-7-18(2)29(17)21-8-10-22(11-9-21)31-16-23-12-13-24(32-23)25(30)28-27-15-19-4-3-5-20(26)14-19/h3-15H,16H2,1-2H3,(H,28,30)/b27-15+. The molecular weight excluding hydrogens is 426 g/mol. The summed E-state index contributed by atoms with van der Waals surface area (Å²) >= 11 is 5.93. The lowest BCUT2D eigenvalue weighted by atomic mass is 10.2. The number of hydrogen-bond acceptors (Lipinski definition) is 4. The van der Waals surface area contributed by atoms with Crippen molar-refractivity contribution in [3.8, 4) is 11.4 Å². The molecule has 6 nitrogen and oxygen atoms in total. The van der Waals surface area contributed by atoms with Crippen LogP contribution in [0, 0.1) is 13.8 Å². The zero-order chi connectivity index (χ0) is 22.5. The molecule has 2 heterocycles. The Kier molecular flexibility index (Phi) is 6.42. The van der Waals surface area contributed by atoms with Crippen LogP contribution in [0.15, 0.2) is 82.3 Å². The number of amides is 1. The van der Waals surface area contributed by atoms with Crippen molar-refractivity contribution in [2.45, 2.75) is 20.5 Å². The van der Waals surface area contributed by atoms with Crippen molar-refractivity contribution in [2.24, 2.45) is 5.10 Å². The van der Waals surface area contributed by atoms with Crippen LogP contribution < -0.4 is 10.2 Å². The highest BCUT2D eigenvalue weighted by Crippen LogP contribution is 2.21. The first-order valence-electron chi connectivity index (χ1n) is 10.1. The number of nitrogens with one attached hydrogen (secondary N) is 1. The average Bonchev–Trinajstić information content (AvgIpc) is 3.39. The van der Waals surface area contributed by atoms with Gasteiger partial charge in [0.25, 0.3) is 0 Å². The Hall–Kier alpha value is -3.77. The summed E-state index contributed by atoms with van der Waals surface area (Å²) in [4.78, 5) is 12.2. The molecule has 0 saturated carbocycles. The van der Waals surface area contributed by atoms with Crippen LogP contribution in [-0.2, 0) is 6.61 Å². The molecule has 1 N–H and O–H groups in total. The Morgan fingerprint density at radius 3 is 2.53 bits per heavy atom. The summed E-state index contributed by atoms with van der Waals surface area (Å²) in [6, 6.07) is 22.5. The highest BCUT2D eigenvalue weighted by atomic mass is 35.5. The summed E-state index contributed by atoms with van der Waals surface area (Å²) in [5, 5.41) is 4.52. The van der Waals surface area contributed by atoms with Gasteiger partial charge < -0.3 is 13.7 Å². The lowest BCUT2D eigenvalue weighted by Crippen LogP contribution is -2.16. The van der Waals surface area contributed by atoms with Crippen molar-refractivity contribution in [3.63, 3.8) is 0 Å². The predicted octanol–water partition coefficient (Wildman–Crippen LogP) is 5.68. The van der Waals surface area contributed by atoms with Crippen LogP contribution in [0.3, 0.4) is 0 Å². The van der Waals surface area contributed by atoms with Crippen molar-refractivity contribution in [2.75, 3.05) is 0 Å². The fourth-order valence-electron chi connectivity index (χ4n) is 3.31. The minimum Gasteiger partial charge on any atom is -0.486 e. The first-order chi connectivity index (χ1) is 15.5. The normalized spacial score (nSPS) is 11.1. The van der Waals surface area contributed by atoms with Gasteiger partial charge in [0, 0.05) is 22.1 Å². The molecule has 0 aliphatic carbocycles. The summed E-state index contributed by atoms with van der Waals surface area (Å²) < 4.78 is 13.5. The van der Waals surface area contributed by atoms with E-state index in [0.717, 1.165) is 11.3 Å². The molecule has 1 amide bonds. The third-order valence-electron chi connectivity index (χ3n) is 4.86. The summed E-state index contributed by atoms with van der Waals surface area (Å²) in [6.45, 7) is 4.36. The maximum atomic E-state index is 12.2. The Balaban J connectivity index is 1.32. The molecule has 0 bridgehead atoms. The van der Waals surface area contributed by atoms with Gasteiger partial charge in [0.1, 0.15) is 18.1 Å². The molecule has 2 aromatic heterocycles. The van der Waals surface area contributed by atoms with E-state index in [1.54, 1.807) is 30.3 Å². The van der Waals surface area contributed by atoms with Crippen LogP contribution in [0.1, 0.15) is 33.3 Å². The van der Waals surface area contributed by atoms with Crippen LogP contribution in [0.4, 0.5) is 0 Å². The first-order valence-corrected chi connectivity index (χ1v) is 10.4. The molecule has 0 unspecified atom stereocenters. The number of benzene rings is 2. The molecule has 4 aromatic rings. The van der Waals surface area contributed by atoms with Crippen molar-refractivity contribution < 1.29 is 13.9 Å². The van der Waals surface area contributed by atoms with Crippen LogP contribution in [0.25, 0.3) is 5.69 Å². The lowest BCUT2D eigenvalue weighted by Gasteiger charge is -2.10. The Morgan fingerprint density at radius 1 is 1.06 bits per heavy atom. The minimum atomic E-state index is -0.448. The van der Waals surface area contributed by atoms with E-state index in [2.05, 4.69) is 41.1 Å². The molecule has 0 saturated heterocycles. The van der Waals surface area contributed by atoms with Crippen LogP contribution in [0.2, 0.25) is 5.02 Å². The molecule has 0 radical (unpaired) electrons. The quantitative estimate of drug-likeness (QED) is 0.292. The van der Waals surface area contributed by atoms with Gasteiger partial charge in [-0.1, -0.05) is 23.7 Å². The molecule has 0 spiro atoms. The monoisotopic (exact) mass is 447 g/mol. The second-order valence-electron chi connectivity index (χ2n) is 7.25. The molecular formula is C25H22ClN3O3. The first kappa shape index (κ1) is 21.5. The SMILES string of the molecule is Cc1ccc(C)n1-c1ccc(OCc2ccc(C(=O)N/N=C/c3cccc(Cl)c3)o2)cc1. The van der Waals surface area contributed by atoms with Crippen molar-refractivity contribution >= 4 is 23.7 Å². The molecule has 0 fully saturated rings. The van der Waals surface area contributed by atoms with Gasteiger partial charge in [0.05, 0.1) is 6.21 Å². The Morgan fingerprint density at radius 2 is 1.81 bits per heavy atom. The van der Waals surface area contributed by atoms with Crippen molar-refractivity contribution in [1.82, 2.24) is 9.99 Å². The van der Waals surface area contributed by atoms with Gasteiger partial charge in [-0.3, -0.25) is 4.79 Å². The van der Waals surface area contributed by atoms with Crippen LogP contribution in [0.5, 0.6) is 5.75 Å². The maximum Gasteiger partial charge on any atom is 0.307 e. The molecule has 4 rings (SSSR count). The van der Waals surface area contributed by atoms with E-state index in [1.807, 2.05) is 30.3 Å². The zero-order valence-corrected chi connectivity index (χ0v) is 18.5. The van der Waals surface area contributed by atoms with E-state index < -0.39 is 5.91 Å². The van der Waals surface area contributed by atoms with Gasteiger partial charge in [0.15, 0.2) is 5.76 Å². The summed E-state index contributed by atoms with van der Waals surface area (Å²) in [7, 11) is 0. The van der Waals surface area contributed by atoms with E-state index in [4.69, 9.17) is 20.8 Å².